The number of nitrogens with zero attached hydrogens (tertiary/aromatic N) is 3. The second-order valence-corrected chi connectivity index (χ2v) is 7.49. The van der Waals surface area contributed by atoms with Gasteiger partial charge in [-0.25, -0.2) is 9.67 Å². The van der Waals surface area contributed by atoms with E-state index in [-0.39, 0.29) is 12.0 Å². The second-order valence-electron chi connectivity index (χ2n) is 6.64. The van der Waals surface area contributed by atoms with Crippen LogP contribution in [0.1, 0.15) is 32.3 Å². The first-order valence-electron chi connectivity index (χ1n) is 8.93. The first-order chi connectivity index (χ1) is 13.0. The van der Waals surface area contributed by atoms with Crippen LogP contribution < -0.4 is 0 Å². The van der Waals surface area contributed by atoms with E-state index in [1.54, 1.807) is 23.1 Å². The van der Waals surface area contributed by atoms with Crippen LogP contribution >= 0.6 is 23.2 Å². The summed E-state index contributed by atoms with van der Waals surface area (Å²) >= 11 is 12.4. The Kier molecular flexibility index (Phi) is 6.42. The van der Waals surface area contributed by atoms with E-state index in [1.807, 2.05) is 19.9 Å². The van der Waals surface area contributed by atoms with Gasteiger partial charge in [-0.05, 0) is 30.5 Å². The van der Waals surface area contributed by atoms with Gasteiger partial charge < -0.3 is 14.6 Å². The molecule has 8 heteroatoms. The minimum Gasteiger partial charge on any atom is -0.510 e. The number of benzene rings is 1. The standard InChI is InChI=1S/C19H23Cl2N3O3/c1-3-17-26-9-19(4-2,10-27-17)18(25)16(24-12-22-11-23-24)7-13-5-6-14(20)8-15(13)21/h5-6,8,11-12,17,25H,3-4,7,9-10H2,1-2H3. The van der Waals surface area contributed by atoms with Gasteiger partial charge in [0.2, 0.25) is 0 Å². The van der Waals surface area contributed by atoms with Crippen molar-refractivity contribution in [2.45, 2.75) is 39.4 Å². The molecule has 3 rings (SSSR count). The molecule has 1 N–H and O–H groups in total. The van der Waals surface area contributed by atoms with Crippen LogP contribution in [0.15, 0.2) is 36.6 Å². The predicted octanol–water partition coefficient (Wildman–Crippen LogP) is 4.73. The normalized spacial score (nSPS) is 23.9. The lowest BCUT2D eigenvalue weighted by molar-refractivity contribution is -0.227. The van der Waals surface area contributed by atoms with Gasteiger partial charge in [0, 0.05) is 16.5 Å². The molecule has 1 fully saturated rings. The van der Waals surface area contributed by atoms with Crippen molar-refractivity contribution in [1.82, 2.24) is 14.8 Å². The molecule has 1 saturated heterocycles. The molecule has 146 valence electrons. The van der Waals surface area contributed by atoms with E-state index in [1.165, 1.54) is 6.33 Å². The lowest BCUT2D eigenvalue weighted by Gasteiger charge is -2.39. The highest BCUT2D eigenvalue weighted by molar-refractivity contribution is 6.35. The van der Waals surface area contributed by atoms with Crippen LogP contribution in [0.3, 0.4) is 0 Å². The van der Waals surface area contributed by atoms with Crippen molar-refractivity contribution >= 4 is 28.9 Å². The topological polar surface area (TPSA) is 69.4 Å². The number of allylic oxidation sites excluding steroid dienone is 1. The molecule has 0 bridgehead atoms. The second kappa shape index (κ2) is 8.61. The van der Waals surface area contributed by atoms with Crippen LogP contribution in [-0.2, 0) is 15.9 Å². The monoisotopic (exact) mass is 411 g/mol. The Morgan fingerprint density at radius 1 is 1.30 bits per heavy atom. The summed E-state index contributed by atoms with van der Waals surface area (Å²) in [6, 6.07) is 5.30. The van der Waals surface area contributed by atoms with E-state index in [2.05, 4.69) is 10.1 Å². The van der Waals surface area contributed by atoms with Crippen LogP contribution in [0.2, 0.25) is 10.0 Å². The molecule has 0 amide bonds. The Bertz CT molecular complexity index is 801. The average molecular weight is 412 g/mol. The molecule has 0 radical (unpaired) electrons. The Morgan fingerprint density at radius 3 is 2.59 bits per heavy atom. The lowest BCUT2D eigenvalue weighted by Crippen LogP contribution is -2.43. The molecule has 1 aromatic carbocycles. The van der Waals surface area contributed by atoms with Crippen molar-refractivity contribution in [2.24, 2.45) is 5.41 Å². The van der Waals surface area contributed by atoms with Crippen LogP contribution in [0.4, 0.5) is 0 Å². The highest BCUT2D eigenvalue weighted by Crippen LogP contribution is 2.39. The highest BCUT2D eigenvalue weighted by Gasteiger charge is 2.41. The summed E-state index contributed by atoms with van der Waals surface area (Å²) in [6.45, 7) is 4.76. The van der Waals surface area contributed by atoms with Crippen molar-refractivity contribution in [3.05, 3.63) is 52.2 Å². The molecule has 1 aromatic heterocycles. The molecule has 0 aliphatic carbocycles. The maximum Gasteiger partial charge on any atom is 0.157 e. The van der Waals surface area contributed by atoms with Gasteiger partial charge in [-0.1, -0.05) is 43.1 Å². The largest absolute Gasteiger partial charge is 0.510 e. The molecule has 1 aliphatic heterocycles. The van der Waals surface area contributed by atoms with Crippen molar-refractivity contribution in [3.63, 3.8) is 0 Å². The summed E-state index contributed by atoms with van der Waals surface area (Å²) in [4.78, 5) is 4.01. The summed E-state index contributed by atoms with van der Waals surface area (Å²) in [5.74, 6) is 0.177. The summed E-state index contributed by atoms with van der Waals surface area (Å²) in [7, 11) is 0. The number of aliphatic hydroxyl groups is 1. The fourth-order valence-corrected chi connectivity index (χ4v) is 3.59. The number of ether oxygens (including phenoxy) is 2. The van der Waals surface area contributed by atoms with Gasteiger partial charge in [0.15, 0.2) is 6.29 Å². The molecule has 0 saturated carbocycles. The predicted molar refractivity (Wildman–Crippen MR) is 105 cm³/mol. The third kappa shape index (κ3) is 4.29. The van der Waals surface area contributed by atoms with Gasteiger partial charge in [0.1, 0.15) is 18.4 Å². The Morgan fingerprint density at radius 2 is 2.04 bits per heavy atom. The molecule has 2 heterocycles. The van der Waals surface area contributed by atoms with E-state index in [0.29, 0.717) is 41.8 Å². The fourth-order valence-electron chi connectivity index (χ4n) is 3.11. The summed E-state index contributed by atoms with van der Waals surface area (Å²) < 4.78 is 13.2. The molecule has 0 atom stereocenters. The summed E-state index contributed by atoms with van der Waals surface area (Å²) in [5, 5.41) is 16.6. The van der Waals surface area contributed by atoms with E-state index in [4.69, 9.17) is 32.7 Å². The maximum atomic E-state index is 11.3. The van der Waals surface area contributed by atoms with E-state index >= 15 is 0 Å². The molecule has 6 nitrogen and oxygen atoms in total. The van der Waals surface area contributed by atoms with Gasteiger partial charge >= 0.3 is 0 Å². The third-order valence-corrected chi connectivity index (χ3v) is 5.53. The van der Waals surface area contributed by atoms with E-state index < -0.39 is 5.41 Å². The average Bonchev–Trinajstić information content (AvgIpc) is 3.21. The lowest BCUT2D eigenvalue weighted by atomic mass is 9.82. The molecular formula is C19H23Cl2N3O3. The van der Waals surface area contributed by atoms with Crippen LogP contribution in [0.5, 0.6) is 0 Å². The number of hydrogen-bond donors (Lipinski definition) is 1. The van der Waals surface area contributed by atoms with Crippen molar-refractivity contribution in [3.8, 4) is 0 Å². The number of rotatable bonds is 6. The maximum absolute atomic E-state index is 11.3. The number of aromatic nitrogens is 3. The molecule has 2 aromatic rings. The number of hydrogen-bond acceptors (Lipinski definition) is 5. The van der Waals surface area contributed by atoms with E-state index in [9.17, 15) is 5.11 Å². The summed E-state index contributed by atoms with van der Waals surface area (Å²) in [6.07, 6.45) is 4.53. The third-order valence-electron chi connectivity index (χ3n) is 4.95. The zero-order valence-electron chi connectivity index (χ0n) is 15.4. The van der Waals surface area contributed by atoms with Crippen molar-refractivity contribution in [1.29, 1.82) is 0 Å². The fraction of sp³-hybridized carbons (Fsp3) is 0.474. The quantitative estimate of drug-likeness (QED) is 0.695. The van der Waals surface area contributed by atoms with Crippen LogP contribution in [-0.4, -0.2) is 39.4 Å². The Labute approximate surface area is 168 Å². The van der Waals surface area contributed by atoms with Gasteiger partial charge in [0.05, 0.1) is 24.3 Å². The Balaban J connectivity index is 2.01. The van der Waals surface area contributed by atoms with Crippen LogP contribution in [0.25, 0.3) is 5.70 Å². The van der Waals surface area contributed by atoms with Gasteiger partial charge in [-0.15, -0.1) is 0 Å². The van der Waals surface area contributed by atoms with Crippen molar-refractivity contribution in [2.75, 3.05) is 13.2 Å². The summed E-state index contributed by atoms with van der Waals surface area (Å²) in [5.41, 5.74) is 0.764. The zero-order valence-corrected chi connectivity index (χ0v) is 16.9. The van der Waals surface area contributed by atoms with Crippen LogP contribution in [0, 0.1) is 5.41 Å². The van der Waals surface area contributed by atoms with Crippen molar-refractivity contribution < 1.29 is 14.6 Å². The minimum absolute atomic E-state index is 0.177. The smallest absolute Gasteiger partial charge is 0.157 e. The SMILES string of the molecule is CCC1OCC(CC)(C(O)=C(Cc2ccc(Cl)cc2Cl)n2cncn2)CO1. The molecule has 0 unspecified atom stereocenters. The first-order valence-corrected chi connectivity index (χ1v) is 9.69. The molecule has 1 aliphatic rings. The number of halogens is 2. The van der Waals surface area contributed by atoms with Gasteiger partial charge in [-0.2, -0.15) is 5.10 Å². The number of aliphatic hydroxyl groups excluding tert-OH is 1. The zero-order chi connectivity index (χ0) is 19.4. The Hall–Kier alpha value is -1.60. The molecule has 27 heavy (non-hydrogen) atoms. The first kappa shape index (κ1) is 20.1. The molecule has 0 spiro atoms. The minimum atomic E-state index is -0.647. The van der Waals surface area contributed by atoms with E-state index in [0.717, 1.165) is 12.0 Å². The van der Waals surface area contributed by atoms with Gasteiger partial charge in [-0.3, -0.25) is 0 Å². The molecular weight excluding hydrogens is 389 g/mol. The van der Waals surface area contributed by atoms with Gasteiger partial charge in [0.25, 0.3) is 0 Å². The highest BCUT2D eigenvalue weighted by atomic mass is 35.5.